The molecule has 0 heterocycles. The Kier molecular flexibility index (Phi) is 3.64. The van der Waals surface area contributed by atoms with Crippen LogP contribution < -0.4 is 0 Å². The quantitative estimate of drug-likeness (QED) is 0.338. The lowest BCUT2D eigenvalue weighted by molar-refractivity contribution is 0.116. The summed E-state index contributed by atoms with van der Waals surface area (Å²) in [6.07, 6.45) is 5.50. The van der Waals surface area contributed by atoms with E-state index in [1.165, 1.54) is 0 Å². The van der Waals surface area contributed by atoms with Crippen LogP contribution in [0.3, 0.4) is 0 Å². The van der Waals surface area contributed by atoms with Crippen molar-refractivity contribution < 1.29 is 9.84 Å². The topological polar surface area (TPSA) is 57.6 Å². The molecule has 4 nitrogen and oxygen atoms in total. The van der Waals surface area contributed by atoms with E-state index in [2.05, 4.69) is 15.6 Å². The molecule has 0 aromatic heterocycles. The molecular formula is C5H5N2O2+. The molecule has 0 amide bonds. The summed E-state index contributed by atoms with van der Waals surface area (Å²) in [4.78, 5) is 2.48. The van der Waals surface area contributed by atoms with Gasteiger partial charge in [0.15, 0.2) is 11.6 Å². The van der Waals surface area contributed by atoms with Crippen LogP contribution in [0.5, 0.6) is 0 Å². The zero-order chi connectivity index (χ0) is 7.11. The lowest BCUT2D eigenvalue weighted by Crippen LogP contribution is -1.89. The molecule has 0 aliphatic carbocycles. The van der Waals surface area contributed by atoms with Gasteiger partial charge in [-0.3, -0.25) is 0 Å². The van der Waals surface area contributed by atoms with Gasteiger partial charge in [-0.05, 0) is 0 Å². The number of ether oxygens (including phenoxy) is 1. The second kappa shape index (κ2) is 4.48. The highest BCUT2D eigenvalue weighted by atomic mass is 16.6. The van der Waals surface area contributed by atoms with Crippen LogP contribution in [0.4, 0.5) is 0 Å². The fraction of sp³-hybridized carbons (Fsp3) is 0.200. The highest BCUT2D eigenvalue weighted by Crippen LogP contribution is 1.89. The highest BCUT2D eigenvalue weighted by molar-refractivity contribution is 4.91. The predicted octanol–water partition coefficient (Wildman–Crippen LogP) is 0.846. The van der Waals surface area contributed by atoms with Crippen molar-refractivity contribution in [2.24, 2.45) is 0 Å². The molecule has 0 aliphatic heterocycles. The van der Waals surface area contributed by atoms with Crippen LogP contribution in [0.15, 0.2) is 12.1 Å². The molecule has 0 radical (unpaired) electrons. The summed E-state index contributed by atoms with van der Waals surface area (Å²) in [5.41, 5.74) is 0. The summed E-state index contributed by atoms with van der Waals surface area (Å²) in [7, 11) is 0. The molecule has 46 valence electrons. The normalized spacial score (nSPS) is 9.33. The lowest BCUT2D eigenvalue weighted by atomic mass is 10.7. The summed E-state index contributed by atoms with van der Waals surface area (Å²) in [5.74, 6) is 1.61. The molecule has 0 saturated carbocycles. The second-order valence-electron chi connectivity index (χ2n) is 1.08. The SMILES string of the molecule is C#CCO/C(O)=C\[N+]#N. The van der Waals surface area contributed by atoms with Gasteiger partial charge in [0.05, 0.1) is 0 Å². The van der Waals surface area contributed by atoms with E-state index in [1.54, 1.807) is 0 Å². The monoisotopic (exact) mass is 125 g/mol. The maximum Gasteiger partial charge on any atom is 0.429 e. The third-order valence-corrected chi connectivity index (χ3v) is 0.472. The van der Waals surface area contributed by atoms with Gasteiger partial charge in [-0.2, -0.15) is 0 Å². The van der Waals surface area contributed by atoms with Gasteiger partial charge >= 0.3 is 12.1 Å². The summed E-state index contributed by atoms with van der Waals surface area (Å²) >= 11 is 0. The third kappa shape index (κ3) is 4.17. The molecule has 0 aromatic rings. The van der Waals surface area contributed by atoms with E-state index in [9.17, 15) is 0 Å². The Morgan fingerprint density at radius 1 is 2.00 bits per heavy atom. The number of aliphatic hydroxyl groups excluding tert-OH is 1. The van der Waals surface area contributed by atoms with Gasteiger partial charge < -0.3 is 9.84 Å². The molecule has 0 aromatic carbocycles. The van der Waals surface area contributed by atoms with Crippen molar-refractivity contribution in [3.8, 4) is 12.3 Å². The van der Waals surface area contributed by atoms with Crippen LogP contribution in [0.1, 0.15) is 0 Å². The van der Waals surface area contributed by atoms with E-state index < -0.39 is 5.95 Å². The molecule has 0 fully saturated rings. The van der Waals surface area contributed by atoms with Gasteiger partial charge in [0.1, 0.15) is 0 Å². The number of hydrogen-bond acceptors (Lipinski definition) is 3. The first-order valence-corrected chi connectivity index (χ1v) is 2.11. The van der Waals surface area contributed by atoms with Crippen LogP contribution in [-0.4, -0.2) is 11.7 Å². The van der Waals surface area contributed by atoms with Crippen molar-refractivity contribution in [2.75, 3.05) is 6.61 Å². The average molecular weight is 125 g/mol. The fourth-order valence-electron chi connectivity index (χ4n) is 0.202. The Morgan fingerprint density at radius 2 is 2.67 bits per heavy atom. The maximum absolute atomic E-state index is 8.47. The zero-order valence-electron chi connectivity index (χ0n) is 4.61. The summed E-state index contributed by atoms with van der Waals surface area (Å²) < 4.78 is 4.36. The fourth-order valence-corrected chi connectivity index (χ4v) is 0.202. The Labute approximate surface area is 52.4 Å². The van der Waals surface area contributed by atoms with Gasteiger partial charge in [-0.1, -0.05) is 5.92 Å². The van der Waals surface area contributed by atoms with E-state index in [4.69, 9.17) is 16.9 Å². The van der Waals surface area contributed by atoms with E-state index in [1.807, 2.05) is 0 Å². The van der Waals surface area contributed by atoms with Crippen molar-refractivity contribution >= 4 is 0 Å². The Balaban J connectivity index is 3.56. The number of nitrogens with zero attached hydrogens (tertiary/aromatic N) is 2. The third-order valence-electron chi connectivity index (χ3n) is 0.472. The highest BCUT2D eigenvalue weighted by Gasteiger charge is 1.96. The van der Waals surface area contributed by atoms with Gasteiger partial charge in [0.2, 0.25) is 5.39 Å². The standard InChI is InChI=1S/C5H4N2O2/c1-2-3-9-5(8)4-7-6/h1,4H,3H2/p+1/b5-4-. The summed E-state index contributed by atoms with van der Waals surface area (Å²) in [6, 6.07) is 0. The van der Waals surface area contributed by atoms with Gasteiger partial charge in [0.25, 0.3) is 0 Å². The van der Waals surface area contributed by atoms with E-state index in [-0.39, 0.29) is 6.61 Å². The van der Waals surface area contributed by atoms with Crippen molar-refractivity contribution in [3.05, 3.63) is 17.1 Å². The van der Waals surface area contributed by atoms with E-state index in [0.29, 0.717) is 0 Å². The number of diazo groups is 1. The van der Waals surface area contributed by atoms with Crippen molar-refractivity contribution in [2.45, 2.75) is 0 Å². The average Bonchev–Trinajstić information content (AvgIpc) is 1.85. The molecule has 1 N–H and O–H groups in total. The summed E-state index contributed by atoms with van der Waals surface area (Å²) in [6.45, 7) is -0.0438. The largest absolute Gasteiger partial charge is 0.476 e. The molecule has 0 bridgehead atoms. The minimum absolute atomic E-state index is 0.0438. The van der Waals surface area contributed by atoms with Crippen molar-refractivity contribution in [1.82, 2.24) is 0 Å². The van der Waals surface area contributed by atoms with E-state index >= 15 is 0 Å². The smallest absolute Gasteiger partial charge is 0.429 e. The zero-order valence-corrected chi connectivity index (χ0v) is 4.61. The molecule has 0 atom stereocenters. The number of aliphatic hydroxyl groups is 1. The first-order valence-electron chi connectivity index (χ1n) is 2.11. The molecule has 0 aliphatic rings. The van der Waals surface area contributed by atoms with Gasteiger partial charge in [0, 0.05) is 0 Å². The molecule has 0 saturated heterocycles. The van der Waals surface area contributed by atoms with Crippen LogP contribution in [0.2, 0.25) is 0 Å². The lowest BCUT2D eigenvalue weighted by Gasteiger charge is -1.90. The van der Waals surface area contributed by atoms with Crippen LogP contribution >= 0.6 is 0 Å². The predicted molar refractivity (Wildman–Crippen MR) is 30.6 cm³/mol. The van der Waals surface area contributed by atoms with E-state index in [0.717, 1.165) is 6.20 Å². The summed E-state index contributed by atoms with van der Waals surface area (Å²) in [5, 5.41) is 16.3. The maximum atomic E-state index is 8.47. The Hall–Kier alpha value is -1.68. The molecule has 0 rings (SSSR count). The molecule has 4 heteroatoms. The first-order chi connectivity index (χ1) is 4.31. The Morgan fingerprint density at radius 3 is 3.11 bits per heavy atom. The van der Waals surface area contributed by atoms with Crippen molar-refractivity contribution in [3.63, 3.8) is 0 Å². The van der Waals surface area contributed by atoms with Gasteiger partial charge in [-0.25, -0.2) is 0 Å². The molecule has 0 spiro atoms. The van der Waals surface area contributed by atoms with Crippen molar-refractivity contribution in [1.29, 1.82) is 5.39 Å². The van der Waals surface area contributed by atoms with Crippen LogP contribution in [-0.2, 0) is 4.74 Å². The van der Waals surface area contributed by atoms with Crippen LogP contribution in [0.25, 0.3) is 4.98 Å². The first kappa shape index (κ1) is 7.32. The molecule has 0 unspecified atom stereocenters. The number of rotatable bonds is 2. The number of terminal acetylenes is 1. The molecular weight excluding hydrogens is 120 g/mol. The Bertz CT molecular complexity index is 184. The molecule has 9 heavy (non-hydrogen) atoms. The van der Waals surface area contributed by atoms with Gasteiger partial charge in [-0.15, -0.1) is 6.42 Å². The minimum atomic E-state index is -0.504. The second-order valence-corrected chi connectivity index (χ2v) is 1.08. The number of hydrogen-bond donors (Lipinski definition) is 1. The minimum Gasteiger partial charge on any atom is -0.476 e. The van der Waals surface area contributed by atoms with Crippen LogP contribution in [0, 0.1) is 17.7 Å².